The Morgan fingerprint density at radius 3 is 2.75 bits per heavy atom. The highest BCUT2D eigenvalue weighted by atomic mass is 16.4. The molecule has 2 aliphatic heterocycles. The van der Waals surface area contributed by atoms with E-state index in [0.717, 1.165) is 0 Å². The van der Waals surface area contributed by atoms with E-state index in [4.69, 9.17) is 5.11 Å². The maximum absolute atomic E-state index is 11.6. The highest BCUT2D eigenvalue weighted by Gasteiger charge is 2.52. The van der Waals surface area contributed by atoms with Gasteiger partial charge in [0, 0.05) is 6.54 Å². The lowest BCUT2D eigenvalue weighted by atomic mass is 9.90. The van der Waals surface area contributed by atoms with Gasteiger partial charge in [-0.2, -0.15) is 0 Å². The molecule has 0 radical (unpaired) electrons. The van der Waals surface area contributed by atoms with Crippen LogP contribution in [-0.4, -0.2) is 46.2 Å². The standard InChI is InChI=1S/C9H13N3O4/c1-9(6(13)10-7(14)11-9)5-3-2-4-12(5)8(15)16/h5H,2-4H2,1H3,(H,15,16)(H2,10,11,13,14)/t5-,9+/m1/s1. The van der Waals surface area contributed by atoms with Crippen LogP contribution in [0.5, 0.6) is 0 Å². The van der Waals surface area contributed by atoms with Gasteiger partial charge >= 0.3 is 12.1 Å². The van der Waals surface area contributed by atoms with Crippen LogP contribution in [0.25, 0.3) is 0 Å². The molecule has 0 saturated carbocycles. The number of amides is 4. The van der Waals surface area contributed by atoms with E-state index in [0.29, 0.717) is 19.4 Å². The number of imide groups is 1. The Labute approximate surface area is 91.8 Å². The number of nitrogens with zero attached hydrogens (tertiary/aromatic N) is 1. The zero-order valence-electron chi connectivity index (χ0n) is 8.82. The predicted octanol–water partition coefficient (Wildman–Crippen LogP) is -0.273. The van der Waals surface area contributed by atoms with Crippen LogP contribution in [0.15, 0.2) is 0 Å². The first kappa shape index (κ1) is 10.7. The molecule has 2 saturated heterocycles. The molecule has 0 aromatic rings. The minimum absolute atomic E-state index is 0.402. The SMILES string of the molecule is C[C@@]1([C@H]2CCCN2C(=O)O)NC(=O)NC1=O. The Morgan fingerprint density at radius 1 is 1.56 bits per heavy atom. The summed E-state index contributed by atoms with van der Waals surface area (Å²) in [6.45, 7) is 1.96. The smallest absolute Gasteiger partial charge is 0.407 e. The molecule has 7 heteroatoms. The number of carbonyl (C=O) groups excluding carboxylic acids is 2. The predicted molar refractivity (Wildman–Crippen MR) is 52.8 cm³/mol. The highest BCUT2D eigenvalue weighted by Crippen LogP contribution is 2.29. The summed E-state index contributed by atoms with van der Waals surface area (Å²) >= 11 is 0. The number of rotatable bonds is 1. The van der Waals surface area contributed by atoms with Gasteiger partial charge in [-0.25, -0.2) is 9.59 Å². The first-order valence-corrected chi connectivity index (χ1v) is 5.08. The van der Waals surface area contributed by atoms with Gasteiger partial charge in [0.25, 0.3) is 5.91 Å². The van der Waals surface area contributed by atoms with Crippen LogP contribution >= 0.6 is 0 Å². The third-order valence-electron chi connectivity index (χ3n) is 3.24. The van der Waals surface area contributed by atoms with Crippen LogP contribution in [0.2, 0.25) is 0 Å². The lowest BCUT2D eigenvalue weighted by Crippen LogP contribution is -2.59. The van der Waals surface area contributed by atoms with Crippen molar-refractivity contribution in [2.45, 2.75) is 31.3 Å². The number of carboxylic acid groups (broad SMARTS) is 1. The summed E-state index contributed by atoms with van der Waals surface area (Å²) in [4.78, 5) is 34.9. The van der Waals surface area contributed by atoms with E-state index in [1.54, 1.807) is 6.92 Å². The summed E-state index contributed by atoms with van der Waals surface area (Å²) < 4.78 is 0. The van der Waals surface area contributed by atoms with Crippen LogP contribution in [0.3, 0.4) is 0 Å². The van der Waals surface area contributed by atoms with Crippen molar-refractivity contribution < 1.29 is 19.5 Å². The molecule has 0 aliphatic carbocycles. The van der Waals surface area contributed by atoms with Crippen LogP contribution in [-0.2, 0) is 4.79 Å². The fourth-order valence-electron chi connectivity index (χ4n) is 2.39. The summed E-state index contributed by atoms with van der Waals surface area (Å²) in [5.41, 5.74) is -1.15. The fraction of sp³-hybridized carbons (Fsp3) is 0.667. The van der Waals surface area contributed by atoms with Gasteiger partial charge in [-0.05, 0) is 19.8 Å². The quantitative estimate of drug-likeness (QED) is 0.537. The zero-order chi connectivity index (χ0) is 11.9. The molecule has 2 atom stereocenters. The first-order valence-electron chi connectivity index (χ1n) is 5.08. The van der Waals surface area contributed by atoms with E-state index in [2.05, 4.69) is 10.6 Å². The molecule has 16 heavy (non-hydrogen) atoms. The monoisotopic (exact) mass is 227 g/mol. The highest BCUT2D eigenvalue weighted by molar-refractivity contribution is 6.07. The van der Waals surface area contributed by atoms with Crippen molar-refractivity contribution >= 4 is 18.0 Å². The molecular formula is C9H13N3O4. The largest absolute Gasteiger partial charge is 0.465 e. The maximum Gasteiger partial charge on any atom is 0.407 e. The van der Waals surface area contributed by atoms with Crippen LogP contribution in [0, 0.1) is 0 Å². The minimum Gasteiger partial charge on any atom is -0.465 e. The second-order valence-corrected chi connectivity index (χ2v) is 4.24. The van der Waals surface area contributed by atoms with E-state index in [-0.39, 0.29) is 0 Å². The molecule has 0 unspecified atom stereocenters. The van der Waals surface area contributed by atoms with Crippen molar-refractivity contribution in [3.8, 4) is 0 Å². The lowest BCUT2D eigenvalue weighted by molar-refractivity contribution is -0.125. The van der Waals surface area contributed by atoms with Crippen molar-refractivity contribution in [2.24, 2.45) is 0 Å². The van der Waals surface area contributed by atoms with Crippen LogP contribution in [0.1, 0.15) is 19.8 Å². The van der Waals surface area contributed by atoms with Crippen molar-refractivity contribution in [1.29, 1.82) is 0 Å². The molecule has 0 aromatic carbocycles. The summed E-state index contributed by atoms with van der Waals surface area (Å²) in [6.07, 6.45) is 0.226. The van der Waals surface area contributed by atoms with Crippen LogP contribution in [0.4, 0.5) is 9.59 Å². The van der Waals surface area contributed by atoms with E-state index >= 15 is 0 Å². The normalized spacial score (nSPS) is 33.8. The molecule has 4 amide bonds. The zero-order valence-corrected chi connectivity index (χ0v) is 8.82. The molecule has 0 bridgehead atoms. The molecule has 2 fully saturated rings. The fourth-order valence-corrected chi connectivity index (χ4v) is 2.39. The van der Waals surface area contributed by atoms with Crippen molar-refractivity contribution in [2.75, 3.05) is 6.54 Å². The first-order chi connectivity index (χ1) is 7.45. The number of hydrogen-bond donors (Lipinski definition) is 3. The van der Waals surface area contributed by atoms with Crippen LogP contribution < -0.4 is 10.6 Å². The summed E-state index contributed by atoms with van der Waals surface area (Å²) in [6, 6.07) is -1.05. The van der Waals surface area contributed by atoms with Gasteiger partial charge < -0.3 is 15.3 Å². The molecule has 0 aromatic heterocycles. The topological polar surface area (TPSA) is 98.7 Å². The molecule has 0 spiro atoms. The van der Waals surface area contributed by atoms with Gasteiger partial charge in [0.1, 0.15) is 5.54 Å². The summed E-state index contributed by atoms with van der Waals surface area (Å²) in [5, 5.41) is 13.6. The second kappa shape index (κ2) is 3.36. The van der Waals surface area contributed by atoms with Gasteiger partial charge in [0.2, 0.25) is 0 Å². The average molecular weight is 227 g/mol. The molecule has 7 nitrogen and oxygen atoms in total. The summed E-state index contributed by atoms with van der Waals surface area (Å²) in [7, 11) is 0. The Hall–Kier alpha value is -1.79. The van der Waals surface area contributed by atoms with E-state index in [1.165, 1.54) is 4.90 Å². The average Bonchev–Trinajstić information content (AvgIpc) is 2.72. The number of urea groups is 1. The molecule has 2 heterocycles. The van der Waals surface area contributed by atoms with Gasteiger partial charge in [-0.3, -0.25) is 10.1 Å². The maximum atomic E-state index is 11.6. The Bertz CT molecular complexity index is 370. The molecule has 2 rings (SSSR count). The van der Waals surface area contributed by atoms with Crippen molar-refractivity contribution in [3.63, 3.8) is 0 Å². The Morgan fingerprint density at radius 2 is 2.25 bits per heavy atom. The van der Waals surface area contributed by atoms with E-state index < -0.39 is 29.6 Å². The number of likely N-dealkylation sites (tertiary alicyclic amines) is 1. The van der Waals surface area contributed by atoms with Gasteiger partial charge in [0.05, 0.1) is 6.04 Å². The third-order valence-corrected chi connectivity index (χ3v) is 3.24. The Kier molecular flexibility index (Phi) is 2.25. The third kappa shape index (κ3) is 1.39. The summed E-state index contributed by atoms with van der Waals surface area (Å²) in [5.74, 6) is -0.462. The molecule has 2 aliphatic rings. The van der Waals surface area contributed by atoms with Crippen molar-refractivity contribution in [3.05, 3.63) is 0 Å². The number of nitrogens with one attached hydrogen (secondary N) is 2. The van der Waals surface area contributed by atoms with Crippen molar-refractivity contribution in [1.82, 2.24) is 15.5 Å². The molecule has 3 N–H and O–H groups in total. The molecule has 88 valence electrons. The number of hydrogen-bond acceptors (Lipinski definition) is 3. The second-order valence-electron chi connectivity index (χ2n) is 4.24. The Balaban J connectivity index is 2.26. The van der Waals surface area contributed by atoms with E-state index in [9.17, 15) is 14.4 Å². The van der Waals surface area contributed by atoms with E-state index in [1.807, 2.05) is 0 Å². The molecular weight excluding hydrogens is 214 g/mol. The lowest BCUT2D eigenvalue weighted by Gasteiger charge is -2.33. The van der Waals surface area contributed by atoms with Gasteiger partial charge in [0.15, 0.2) is 0 Å². The minimum atomic E-state index is -1.15. The van der Waals surface area contributed by atoms with Gasteiger partial charge in [-0.15, -0.1) is 0 Å². The number of carbonyl (C=O) groups is 3. The van der Waals surface area contributed by atoms with Gasteiger partial charge in [-0.1, -0.05) is 0 Å².